The van der Waals surface area contributed by atoms with Crippen LogP contribution in [0.1, 0.15) is 30.7 Å². The molecule has 0 aliphatic heterocycles. The molecule has 0 amide bonds. The van der Waals surface area contributed by atoms with Crippen molar-refractivity contribution >= 4 is 11.6 Å². The second-order valence-electron chi connectivity index (χ2n) is 4.48. The second-order valence-corrected chi connectivity index (χ2v) is 4.87. The molecule has 86 valence electrons. The van der Waals surface area contributed by atoms with Crippen molar-refractivity contribution in [2.45, 2.75) is 25.2 Å². The van der Waals surface area contributed by atoms with Gasteiger partial charge in [0.1, 0.15) is 5.15 Å². The van der Waals surface area contributed by atoms with Crippen molar-refractivity contribution < 1.29 is 0 Å². The van der Waals surface area contributed by atoms with Gasteiger partial charge in [0.2, 0.25) is 0 Å². The predicted octanol–water partition coefficient (Wildman–Crippen LogP) is 4.06. The molecular formula is C14H13ClN2. The van der Waals surface area contributed by atoms with Crippen molar-refractivity contribution in [3.8, 4) is 11.3 Å². The smallest absolute Gasteiger partial charge is 0.148 e. The van der Waals surface area contributed by atoms with Gasteiger partial charge in [-0.15, -0.1) is 0 Å². The standard InChI is InChI=1S/C14H13ClN2/c15-14-9-16-8-13(17-14)12-6-2-5-11(7-12)10-3-1-4-10/h2,5-10H,1,3-4H2. The first-order chi connectivity index (χ1) is 8.33. The van der Waals surface area contributed by atoms with E-state index in [9.17, 15) is 0 Å². The molecule has 3 heteroatoms. The Bertz CT molecular complexity index is 535. The first kappa shape index (κ1) is 10.7. The minimum absolute atomic E-state index is 0.441. The Morgan fingerprint density at radius 1 is 1.18 bits per heavy atom. The summed E-state index contributed by atoms with van der Waals surface area (Å²) in [4.78, 5) is 8.37. The van der Waals surface area contributed by atoms with Crippen LogP contribution in [0.15, 0.2) is 36.7 Å². The van der Waals surface area contributed by atoms with Crippen LogP contribution >= 0.6 is 11.6 Å². The van der Waals surface area contributed by atoms with Crippen LogP contribution in [0.2, 0.25) is 5.15 Å². The van der Waals surface area contributed by atoms with Crippen LogP contribution < -0.4 is 0 Å². The minimum Gasteiger partial charge on any atom is -0.259 e. The maximum atomic E-state index is 5.86. The number of benzene rings is 1. The van der Waals surface area contributed by atoms with Crippen molar-refractivity contribution in [2.75, 3.05) is 0 Å². The maximum Gasteiger partial charge on any atom is 0.148 e. The van der Waals surface area contributed by atoms with Gasteiger partial charge in [0.05, 0.1) is 18.1 Å². The van der Waals surface area contributed by atoms with E-state index in [4.69, 9.17) is 11.6 Å². The highest BCUT2D eigenvalue weighted by Crippen LogP contribution is 2.37. The molecule has 0 bridgehead atoms. The zero-order valence-corrected chi connectivity index (χ0v) is 10.2. The quantitative estimate of drug-likeness (QED) is 0.796. The Hall–Kier alpha value is -1.41. The summed E-state index contributed by atoms with van der Waals surface area (Å²) in [6.07, 6.45) is 7.29. The van der Waals surface area contributed by atoms with Gasteiger partial charge in [0.15, 0.2) is 0 Å². The lowest BCUT2D eigenvalue weighted by Crippen LogP contribution is -2.08. The van der Waals surface area contributed by atoms with E-state index in [0.29, 0.717) is 5.15 Å². The van der Waals surface area contributed by atoms with Crippen LogP contribution in [0.5, 0.6) is 0 Å². The van der Waals surface area contributed by atoms with E-state index < -0.39 is 0 Å². The third kappa shape index (κ3) is 2.18. The van der Waals surface area contributed by atoms with Gasteiger partial charge in [-0.3, -0.25) is 4.98 Å². The first-order valence-electron chi connectivity index (χ1n) is 5.91. The molecular weight excluding hydrogens is 232 g/mol. The Labute approximate surface area is 106 Å². The molecule has 1 saturated carbocycles. The molecule has 1 fully saturated rings. The Balaban J connectivity index is 1.97. The third-order valence-corrected chi connectivity index (χ3v) is 3.55. The van der Waals surface area contributed by atoms with E-state index in [1.807, 2.05) is 0 Å². The lowest BCUT2D eigenvalue weighted by molar-refractivity contribution is 0.420. The average Bonchev–Trinajstić information content (AvgIpc) is 2.27. The fourth-order valence-corrected chi connectivity index (χ4v) is 2.32. The van der Waals surface area contributed by atoms with Gasteiger partial charge in [0, 0.05) is 5.56 Å². The molecule has 1 aromatic heterocycles. The lowest BCUT2D eigenvalue weighted by atomic mass is 9.79. The van der Waals surface area contributed by atoms with Gasteiger partial charge in [0.25, 0.3) is 0 Å². The molecule has 1 heterocycles. The molecule has 0 unspecified atom stereocenters. The molecule has 1 aromatic carbocycles. The molecule has 1 aliphatic rings. The van der Waals surface area contributed by atoms with Crippen LogP contribution in [0.4, 0.5) is 0 Å². The Morgan fingerprint density at radius 3 is 2.76 bits per heavy atom. The molecule has 2 nitrogen and oxygen atoms in total. The zero-order chi connectivity index (χ0) is 11.7. The number of rotatable bonds is 2. The summed E-state index contributed by atoms with van der Waals surface area (Å²) in [5.41, 5.74) is 3.36. The average molecular weight is 245 g/mol. The van der Waals surface area contributed by atoms with E-state index in [1.54, 1.807) is 12.4 Å². The molecule has 0 radical (unpaired) electrons. The second kappa shape index (κ2) is 4.46. The molecule has 0 saturated heterocycles. The molecule has 0 N–H and O–H groups in total. The summed E-state index contributed by atoms with van der Waals surface area (Å²) in [5.74, 6) is 0.738. The van der Waals surface area contributed by atoms with E-state index in [0.717, 1.165) is 17.2 Å². The fraction of sp³-hybridized carbons (Fsp3) is 0.286. The van der Waals surface area contributed by atoms with Crippen LogP contribution in [-0.2, 0) is 0 Å². The number of halogens is 1. The highest BCUT2D eigenvalue weighted by Gasteiger charge is 2.19. The maximum absolute atomic E-state index is 5.86. The van der Waals surface area contributed by atoms with Crippen LogP contribution in [0.3, 0.4) is 0 Å². The summed E-state index contributed by atoms with van der Waals surface area (Å²) in [5, 5.41) is 0.441. The van der Waals surface area contributed by atoms with Crippen LogP contribution in [0, 0.1) is 0 Å². The van der Waals surface area contributed by atoms with E-state index in [2.05, 4.69) is 34.2 Å². The van der Waals surface area contributed by atoms with Crippen molar-refractivity contribution in [1.29, 1.82) is 0 Å². The summed E-state index contributed by atoms with van der Waals surface area (Å²) in [7, 11) is 0. The predicted molar refractivity (Wildman–Crippen MR) is 69.1 cm³/mol. The molecule has 3 rings (SSSR count). The Morgan fingerprint density at radius 2 is 2.06 bits per heavy atom. The van der Waals surface area contributed by atoms with Gasteiger partial charge in [-0.2, -0.15) is 0 Å². The largest absolute Gasteiger partial charge is 0.259 e. The molecule has 17 heavy (non-hydrogen) atoms. The monoisotopic (exact) mass is 244 g/mol. The summed E-state index contributed by atoms with van der Waals surface area (Å²) < 4.78 is 0. The summed E-state index contributed by atoms with van der Waals surface area (Å²) >= 11 is 5.86. The van der Waals surface area contributed by atoms with Crippen LogP contribution in [-0.4, -0.2) is 9.97 Å². The van der Waals surface area contributed by atoms with E-state index >= 15 is 0 Å². The van der Waals surface area contributed by atoms with Crippen LogP contribution in [0.25, 0.3) is 11.3 Å². The molecule has 0 spiro atoms. The van der Waals surface area contributed by atoms with Gasteiger partial charge >= 0.3 is 0 Å². The number of aromatic nitrogens is 2. The van der Waals surface area contributed by atoms with Gasteiger partial charge in [-0.05, 0) is 30.4 Å². The van der Waals surface area contributed by atoms with Gasteiger partial charge < -0.3 is 0 Å². The summed E-state index contributed by atoms with van der Waals surface area (Å²) in [6, 6.07) is 8.56. The first-order valence-corrected chi connectivity index (χ1v) is 6.28. The van der Waals surface area contributed by atoms with Crippen molar-refractivity contribution in [2.24, 2.45) is 0 Å². The van der Waals surface area contributed by atoms with Crippen molar-refractivity contribution in [3.63, 3.8) is 0 Å². The number of hydrogen-bond acceptors (Lipinski definition) is 2. The zero-order valence-electron chi connectivity index (χ0n) is 9.44. The third-order valence-electron chi connectivity index (χ3n) is 3.36. The Kier molecular flexibility index (Phi) is 2.81. The van der Waals surface area contributed by atoms with Gasteiger partial charge in [-0.1, -0.05) is 36.2 Å². The van der Waals surface area contributed by atoms with Gasteiger partial charge in [-0.25, -0.2) is 4.98 Å². The van der Waals surface area contributed by atoms with Crippen molar-refractivity contribution in [3.05, 3.63) is 47.4 Å². The van der Waals surface area contributed by atoms with E-state index in [1.165, 1.54) is 24.8 Å². The molecule has 1 aliphatic carbocycles. The molecule has 2 aromatic rings. The number of hydrogen-bond donors (Lipinski definition) is 0. The highest BCUT2D eigenvalue weighted by molar-refractivity contribution is 6.29. The van der Waals surface area contributed by atoms with E-state index in [-0.39, 0.29) is 0 Å². The number of nitrogens with zero attached hydrogens (tertiary/aromatic N) is 2. The SMILES string of the molecule is Clc1cncc(-c2cccc(C3CCC3)c2)n1. The fourth-order valence-electron chi connectivity index (χ4n) is 2.17. The highest BCUT2D eigenvalue weighted by atomic mass is 35.5. The topological polar surface area (TPSA) is 25.8 Å². The lowest BCUT2D eigenvalue weighted by Gasteiger charge is -2.26. The minimum atomic E-state index is 0.441. The normalized spacial score (nSPS) is 15.6. The van der Waals surface area contributed by atoms with Crippen molar-refractivity contribution in [1.82, 2.24) is 9.97 Å². The summed E-state index contributed by atoms with van der Waals surface area (Å²) in [6.45, 7) is 0. The molecule has 0 atom stereocenters.